The van der Waals surface area contributed by atoms with Gasteiger partial charge in [-0.25, -0.2) is 5.43 Å². The van der Waals surface area contributed by atoms with Gasteiger partial charge in [-0.05, 0) is 30.7 Å². The first kappa shape index (κ1) is 11.6. The molecule has 1 fully saturated rings. The highest BCUT2D eigenvalue weighted by atomic mass is 16.2. The first-order chi connectivity index (χ1) is 8.16. The third kappa shape index (κ3) is 2.80. The number of amides is 2. The van der Waals surface area contributed by atoms with Gasteiger partial charge in [0.05, 0.1) is 0 Å². The zero-order chi connectivity index (χ0) is 12.3. The summed E-state index contributed by atoms with van der Waals surface area (Å²) >= 11 is 0. The zero-order valence-corrected chi connectivity index (χ0v) is 9.19. The number of rotatable bonds is 3. The van der Waals surface area contributed by atoms with Crippen LogP contribution in [-0.4, -0.2) is 24.4 Å². The van der Waals surface area contributed by atoms with Gasteiger partial charge in [0.15, 0.2) is 0 Å². The van der Waals surface area contributed by atoms with Gasteiger partial charge in [0.25, 0.3) is 0 Å². The van der Waals surface area contributed by atoms with Crippen LogP contribution in [0.5, 0.6) is 0 Å². The van der Waals surface area contributed by atoms with Crippen LogP contribution in [0, 0.1) is 0 Å². The molecule has 5 N–H and O–H groups in total. The van der Waals surface area contributed by atoms with Crippen molar-refractivity contribution >= 4 is 17.5 Å². The predicted octanol–water partition coefficient (Wildman–Crippen LogP) is -0.410. The Morgan fingerprint density at radius 1 is 1.29 bits per heavy atom. The Kier molecular flexibility index (Phi) is 3.36. The summed E-state index contributed by atoms with van der Waals surface area (Å²) in [6.45, 7) is 0.776. The standard InChI is InChI=1S/C11H14N4O2/c12-10(16)7-1-3-8(4-2-7)14-11(17)9-5-6-13-15-9/h1-4,9,13,15H,5-6H2,(H2,12,16)(H,14,17). The van der Waals surface area contributed by atoms with Gasteiger partial charge in [0.1, 0.15) is 6.04 Å². The van der Waals surface area contributed by atoms with Crippen LogP contribution in [0.15, 0.2) is 24.3 Å². The number of benzene rings is 1. The van der Waals surface area contributed by atoms with Gasteiger partial charge in [-0.3, -0.25) is 15.0 Å². The van der Waals surface area contributed by atoms with Crippen molar-refractivity contribution < 1.29 is 9.59 Å². The van der Waals surface area contributed by atoms with Crippen molar-refractivity contribution in [1.29, 1.82) is 0 Å². The van der Waals surface area contributed by atoms with Crippen molar-refractivity contribution in [2.75, 3.05) is 11.9 Å². The second-order valence-corrected chi connectivity index (χ2v) is 3.84. The van der Waals surface area contributed by atoms with E-state index in [0.717, 1.165) is 13.0 Å². The van der Waals surface area contributed by atoms with Gasteiger partial charge >= 0.3 is 0 Å². The first-order valence-corrected chi connectivity index (χ1v) is 5.36. The highest BCUT2D eigenvalue weighted by molar-refractivity contribution is 5.96. The van der Waals surface area contributed by atoms with Crippen LogP contribution < -0.4 is 21.9 Å². The fourth-order valence-electron chi connectivity index (χ4n) is 1.63. The van der Waals surface area contributed by atoms with Crippen LogP contribution in [0.3, 0.4) is 0 Å². The van der Waals surface area contributed by atoms with Crippen LogP contribution in [0.25, 0.3) is 0 Å². The largest absolute Gasteiger partial charge is 0.366 e. The molecule has 1 unspecified atom stereocenters. The maximum absolute atomic E-state index is 11.7. The van der Waals surface area contributed by atoms with E-state index in [1.54, 1.807) is 24.3 Å². The van der Waals surface area contributed by atoms with Crippen molar-refractivity contribution in [2.24, 2.45) is 5.73 Å². The second kappa shape index (κ2) is 4.94. The topological polar surface area (TPSA) is 96.2 Å². The summed E-state index contributed by atoms with van der Waals surface area (Å²) in [4.78, 5) is 22.6. The highest BCUT2D eigenvalue weighted by Crippen LogP contribution is 2.10. The van der Waals surface area contributed by atoms with E-state index < -0.39 is 5.91 Å². The molecule has 0 aliphatic carbocycles. The Morgan fingerprint density at radius 2 is 2.00 bits per heavy atom. The molecule has 17 heavy (non-hydrogen) atoms. The molecule has 6 nitrogen and oxygen atoms in total. The Morgan fingerprint density at radius 3 is 2.53 bits per heavy atom. The van der Waals surface area contributed by atoms with Crippen molar-refractivity contribution in [3.8, 4) is 0 Å². The molecule has 90 valence electrons. The van der Waals surface area contributed by atoms with Crippen molar-refractivity contribution in [3.05, 3.63) is 29.8 Å². The molecule has 0 saturated carbocycles. The average Bonchev–Trinajstić information content (AvgIpc) is 2.83. The van der Waals surface area contributed by atoms with Gasteiger partial charge in [-0.15, -0.1) is 0 Å². The number of carbonyl (C=O) groups excluding carboxylic acids is 2. The van der Waals surface area contributed by atoms with Crippen molar-refractivity contribution in [1.82, 2.24) is 10.9 Å². The maximum atomic E-state index is 11.7. The summed E-state index contributed by atoms with van der Waals surface area (Å²) in [5.74, 6) is -0.577. The quantitative estimate of drug-likeness (QED) is 0.571. The number of carbonyl (C=O) groups is 2. The summed E-state index contributed by atoms with van der Waals surface area (Å²) in [5.41, 5.74) is 11.9. The van der Waals surface area contributed by atoms with Crippen LogP contribution in [0.1, 0.15) is 16.8 Å². The summed E-state index contributed by atoms with van der Waals surface area (Å²) in [7, 11) is 0. The van der Waals surface area contributed by atoms with Crippen LogP contribution in [0.2, 0.25) is 0 Å². The normalized spacial score (nSPS) is 18.9. The number of primary amides is 1. The molecule has 6 heteroatoms. The fraction of sp³-hybridized carbons (Fsp3) is 0.273. The number of anilines is 1. The van der Waals surface area contributed by atoms with Gasteiger partial charge in [-0.2, -0.15) is 0 Å². The molecule has 0 radical (unpaired) electrons. The van der Waals surface area contributed by atoms with Crippen molar-refractivity contribution in [3.63, 3.8) is 0 Å². The summed E-state index contributed by atoms with van der Waals surface area (Å²) in [5, 5.41) is 2.76. The molecule has 0 bridgehead atoms. The first-order valence-electron chi connectivity index (χ1n) is 5.36. The molecule has 1 aliphatic heterocycles. The molecule has 1 aromatic carbocycles. The molecule has 1 aliphatic rings. The minimum Gasteiger partial charge on any atom is -0.366 e. The van der Waals surface area contributed by atoms with E-state index >= 15 is 0 Å². The van der Waals surface area contributed by atoms with Crippen LogP contribution in [0.4, 0.5) is 5.69 Å². The van der Waals surface area contributed by atoms with E-state index in [9.17, 15) is 9.59 Å². The van der Waals surface area contributed by atoms with Crippen LogP contribution >= 0.6 is 0 Å². The third-order valence-corrected chi connectivity index (χ3v) is 2.59. The number of hydrogen-bond acceptors (Lipinski definition) is 4. The minimum absolute atomic E-state index is 0.0955. The molecule has 2 rings (SSSR count). The minimum atomic E-state index is -0.482. The van der Waals surface area contributed by atoms with Gasteiger partial charge in [-0.1, -0.05) is 0 Å². The third-order valence-electron chi connectivity index (χ3n) is 2.59. The van der Waals surface area contributed by atoms with E-state index in [2.05, 4.69) is 16.2 Å². The second-order valence-electron chi connectivity index (χ2n) is 3.84. The van der Waals surface area contributed by atoms with Gasteiger partial charge in [0, 0.05) is 17.8 Å². The smallest absolute Gasteiger partial charge is 0.248 e. The summed E-state index contributed by atoms with van der Waals surface area (Å²) in [6.07, 6.45) is 0.755. The summed E-state index contributed by atoms with van der Waals surface area (Å²) in [6, 6.07) is 6.25. The van der Waals surface area contributed by atoms with E-state index in [1.165, 1.54) is 0 Å². The lowest BCUT2D eigenvalue weighted by atomic mass is 10.2. The molecule has 1 heterocycles. The van der Waals surface area contributed by atoms with Crippen LogP contribution in [-0.2, 0) is 4.79 Å². The molecular formula is C11H14N4O2. The average molecular weight is 234 g/mol. The van der Waals surface area contributed by atoms with E-state index in [-0.39, 0.29) is 11.9 Å². The molecule has 0 aromatic heterocycles. The number of hydrazine groups is 1. The maximum Gasteiger partial charge on any atom is 0.248 e. The lowest BCUT2D eigenvalue weighted by Gasteiger charge is -2.10. The Hall–Kier alpha value is -1.92. The number of hydrogen-bond donors (Lipinski definition) is 4. The van der Waals surface area contributed by atoms with E-state index in [0.29, 0.717) is 11.3 Å². The highest BCUT2D eigenvalue weighted by Gasteiger charge is 2.21. The monoisotopic (exact) mass is 234 g/mol. The Bertz CT molecular complexity index is 424. The molecule has 0 spiro atoms. The molecule has 2 amide bonds. The van der Waals surface area contributed by atoms with E-state index in [1.807, 2.05) is 0 Å². The lowest BCUT2D eigenvalue weighted by molar-refractivity contribution is -0.117. The lowest BCUT2D eigenvalue weighted by Crippen LogP contribution is -2.39. The van der Waals surface area contributed by atoms with E-state index in [4.69, 9.17) is 5.73 Å². The molecular weight excluding hydrogens is 220 g/mol. The zero-order valence-electron chi connectivity index (χ0n) is 9.19. The predicted molar refractivity (Wildman–Crippen MR) is 63.1 cm³/mol. The molecule has 1 saturated heterocycles. The SMILES string of the molecule is NC(=O)c1ccc(NC(=O)C2CCNN2)cc1. The Balaban J connectivity index is 1.98. The van der Waals surface area contributed by atoms with Crippen molar-refractivity contribution in [2.45, 2.75) is 12.5 Å². The van der Waals surface area contributed by atoms with Gasteiger partial charge in [0.2, 0.25) is 11.8 Å². The van der Waals surface area contributed by atoms with Gasteiger partial charge < -0.3 is 11.1 Å². The number of nitrogens with two attached hydrogens (primary N) is 1. The molecule has 1 atom stereocenters. The molecule has 1 aromatic rings. The number of nitrogens with one attached hydrogen (secondary N) is 3. The fourth-order valence-corrected chi connectivity index (χ4v) is 1.63. The summed E-state index contributed by atoms with van der Waals surface area (Å²) < 4.78 is 0. The Labute approximate surface area is 98.5 Å².